The van der Waals surface area contributed by atoms with E-state index in [4.69, 9.17) is 9.47 Å². The summed E-state index contributed by atoms with van der Waals surface area (Å²) in [7, 11) is 0. The van der Waals surface area contributed by atoms with Gasteiger partial charge in [0.1, 0.15) is 5.78 Å². The molecule has 1 heterocycles. The second kappa shape index (κ2) is 8.16. The van der Waals surface area contributed by atoms with Gasteiger partial charge in [-0.1, -0.05) is 67.6 Å². The Kier molecular flexibility index (Phi) is 5.63. The van der Waals surface area contributed by atoms with Gasteiger partial charge in [-0.3, -0.25) is 9.69 Å². The number of carbonyl (C=O) groups is 1. The van der Waals surface area contributed by atoms with Gasteiger partial charge in [-0.15, -0.1) is 0 Å². The Morgan fingerprint density at radius 2 is 1.43 bits per heavy atom. The van der Waals surface area contributed by atoms with Crippen LogP contribution in [-0.2, 0) is 27.4 Å². The average Bonchev–Trinajstić information content (AvgIpc) is 3.14. The first-order chi connectivity index (χ1) is 13.6. The summed E-state index contributed by atoms with van der Waals surface area (Å²) in [5.74, 6) is -0.239. The van der Waals surface area contributed by atoms with Crippen LogP contribution in [0.25, 0.3) is 0 Å². The number of hydrogen-bond acceptors (Lipinski definition) is 4. The Balaban J connectivity index is 1.55. The zero-order valence-electron chi connectivity index (χ0n) is 16.6. The van der Waals surface area contributed by atoms with Crippen molar-refractivity contribution in [3.05, 3.63) is 71.8 Å². The first-order valence-electron chi connectivity index (χ1n) is 10.2. The van der Waals surface area contributed by atoms with E-state index in [9.17, 15) is 4.79 Å². The molecule has 4 nitrogen and oxygen atoms in total. The monoisotopic (exact) mass is 379 g/mol. The molecule has 0 bridgehead atoms. The number of nitrogens with zero attached hydrogens (tertiary/aromatic N) is 1. The van der Waals surface area contributed by atoms with Crippen LogP contribution in [0.5, 0.6) is 0 Å². The van der Waals surface area contributed by atoms with Crippen molar-refractivity contribution in [1.82, 2.24) is 4.90 Å². The summed E-state index contributed by atoms with van der Waals surface area (Å²) in [4.78, 5) is 15.3. The number of ether oxygens (including phenoxy) is 2. The van der Waals surface area contributed by atoms with E-state index < -0.39 is 11.2 Å². The number of hydrogen-bond donors (Lipinski definition) is 0. The van der Waals surface area contributed by atoms with Gasteiger partial charge in [-0.05, 0) is 11.1 Å². The number of benzene rings is 2. The van der Waals surface area contributed by atoms with Gasteiger partial charge in [0.05, 0.1) is 13.2 Å². The fourth-order valence-corrected chi connectivity index (χ4v) is 4.62. The third kappa shape index (κ3) is 4.35. The van der Waals surface area contributed by atoms with E-state index >= 15 is 0 Å². The smallest absolute Gasteiger partial charge is 0.169 e. The van der Waals surface area contributed by atoms with Crippen LogP contribution < -0.4 is 0 Å². The molecule has 1 aliphatic carbocycles. The Hall–Kier alpha value is -2.01. The molecule has 2 aromatic carbocycles. The molecule has 2 aliphatic rings. The predicted octanol–water partition coefficient (Wildman–Crippen LogP) is 4.19. The second-order valence-corrected chi connectivity index (χ2v) is 8.38. The van der Waals surface area contributed by atoms with Gasteiger partial charge in [-0.2, -0.15) is 0 Å². The lowest BCUT2D eigenvalue weighted by atomic mass is 9.71. The van der Waals surface area contributed by atoms with Crippen LogP contribution >= 0.6 is 0 Å². The zero-order valence-corrected chi connectivity index (χ0v) is 16.6. The maximum atomic E-state index is 13.0. The van der Waals surface area contributed by atoms with Gasteiger partial charge >= 0.3 is 0 Å². The van der Waals surface area contributed by atoms with Gasteiger partial charge in [0.2, 0.25) is 0 Å². The summed E-state index contributed by atoms with van der Waals surface area (Å²) >= 11 is 0. The van der Waals surface area contributed by atoms with Gasteiger partial charge in [0.25, 0.3) is 0 Å². The number of carbonyl (C=O) groups excluding carboxylic acids is 1. The number of Topliss-reactive ketones (excluding diaryl/α,β-unsaturated/α-hetero) is 1. The minimum atomic E-state index is -0.562. The van der Waals surface area contributed by atoms with E-state index in [1.807, 2.05) is 12.1 Å². The van der Waals surface area contributed by atoms with E-state index in [1.54, 1.807) is 0 Å². The van der Waals surface area contributed by atoms with Crippen molar-refractivity contribution >= 4 is 5.78 Å². The molecule has 28 heavy (non-hydrogen) atoms. The molecule has 0 radical (unpaired) electrons. The maximum absolute atomic E-state index is 13.0. The molecule has 4 heteroatoms. The fraction of sp³-hybridized carbons (Fsp3) is 0.458. The van der Waals surface area contributed by atoms with Crippen LogP contribution in [0.2, 0.25) is 0 Å². The molecule has 1 atom stereocenters. The van der Waals surface area contributed by atoms with Crippen LogP contribution in [0.4, 0.5) is 0 Å². The molecule has 0 amide bonds. The van der Waals surface area contributed by atoms with Gasteiger partial charge in [0.15, 0.2) is 5.79 Å². The van der Waals surface area contributed by atoms with Crippen molar-refractivity contribution in [1.29, 1.82) is 0 Å². The van der Waals surface area contributed by atoms with E-state index in [0.29, 0.717) is 44.8 Å². The van der Waals surface area contributed by atoms with Gasteiger partial charge < -0.3 is 9.47 Å². The summed E-state index contributed by atoms with van der Waals surface area (Å²) < 4.78 is 11.9. The van der Waals surface area contributed by atoms with Crippen molar-refractivity contribution in [2.45, 2.75) is 45.1 Å². The van der Waals surface area contributed by atoms with Gasteiger partial charge in [-0.25, -0.2) is 0 Å². The third-order valence-electron chi connectivity index (χ3n) is 5.95. The molecule has 1 spiro atoms. The Morgan fingerprint density at radius 3 is 1.96 bits per heavy atom. The average molecular weight is 380 g/mol. The van der Waals surface area contributed by atoms with Crippen LogP contribution in [0, 0.1) is 5.41 Å². The molecular formula is C24H29NO3. The standard InChI is InChI=1S/C24H29NO3/c1-23(18-24(13-12-22(23)26)27-14-15-28-24)19-25(16-20-8-4-2-5-9-20)17-21-10-6-3-7-11-21/h2-11H,12-19H2,1H3/t23-/m1/s1. The molecule has 1 aliphatic heterocycles. The first-order valence-corrected chi connectivity index (χ1v) is 10.2. The molecule has 2 fully saturated rings. The molecule has 4 rings (SSSR count). The van der Waals surface area contributed by atoms with Crippen molar-refractivity contribution in [2.75, 3.05) is 19.8 Å². The second-order valence-electron chi connectivity index (χ2n) is 8.38. The Bertz CT molecular complexity index is 745. The van der Waals surface area contributed by atoms with Crippen molar-refractivity contribution < 1.29 is 14.3 Å². The topological polar surface area (TPSA) is 38.8 Å². The molecule has 0 unspecified atom stereocenters. The lowest BCUT2D eigenvalue weighted by molar-refractivity contribution is -0.202. The summed E-state index contributed by atoms with van der Waals surface area (Å²) in [5.41, 5.74) is 2.05. The van der Waals surface area contributed by atoms with Gasteiger partial charge in [0, 0.05) is 44.3 Å². The quantitative estimate of drug-likeness (QED) is 0.754. The molecule has 0 aromatic heterocycles. The molecular weight excluding hydrogens is 350 g/mol. The SMILES string of the molecule is C[C@]1(CN(Cc2ccccc2)Cc2ccccc2)CC2(CCC1=O)OCCO2. The van der Waals surface area contributed by atoms with Crippen LogP contribution in [0.1, 0.15) is 37.3 Å². The van der Waals surface area contributed by atoms with E-state index in [-0.39, 0.29) is 0 Å². The molecule has 0 N–H and O–H groups in total. The summed E-state index contributed by atoms with van der Waals surface area (Å²) in [6, 6.07) is 20.9. The highest BCUT2D eigenvalue weighted by molar-refractivity contribution is 5.85. The Morgan fingerprint density at radius 1 is 0.893 bits per heavy atom. The van der Waals surface area contributed by atoms with Crippen LogP contribution in [0.15, 0.2) is 60.7 Å². The highest BCUT2D eigenvalue weighted by atomic mass is 16.7. The largest absolute Gasteiger partial charge is 0.347 e. The zero-order chi connectivity index (χ0) is 19.5. The summed E-state index contributed by atoms with van der Waals surface area (Å²) in [6.45, 7) is 5.67. The van der Waals surface area contributed by atoms with Crippen LogP contribution in [0.3, 0.4) is 0 Å². The first kappa shape index (κ1) is 19.3. The fourth-order valence-electron chi connectivity index (χ4n) is 4.62. The highest BCUT2D eigenvalue weighted by Crippen LogP contribution is 2.44. The minimum Gasteiger partial charge on any atom is -0.347 e. The summed E-state index contributed by atoms with van der Waals surface area (Å²) in [6.07, 6.45) is 1.85. The lowest BCUT2D eigenvalue weighted by Gasteiger charge is -2.44. The van der Waals surface area contributed by atoms with Crippen molar-refractivity contribution in [3.63, 3.8) is 0 Å². The molecule has 1 saturated carbocycles. The predicted molar refractivity (Wildman–Crippen MR) is 109 cm³/mol. The number of ketones is 1. The highest BCUT2D eigenvalue weighted by Gasteiger charge is 2.51. The van der Waals surface area contributed by atoms with E-state index in [1.165, 1.54) is 11.1 Å². The molecule has 2 aromatic rings. The maximum Gasteiger partial charge on any atom is 0.169 e. The summed E-state index contributed by atoms with van der Waals surface area (Å²) in [5, 5.41) is 0. The molecule has 148 valence electrons. The number of rotatable bonds is 6. The molecule has 1 saturated heterocycles. The normalized spacial score (nSPS) is 24.1. The van der Waals surface area contributed by atoms with Crippen LogP contribution in [-0.4, -0.2) is 36.2 Å². The van der Waals surface area contributed by atoms with E-state index in [0.717, 1.165) is 13.1 Å². The van der Waals surface area contributed by atoms with Crippen molar-refractivity contribution in [3.8, 4) is 0 Å². The van der Waals surface area contributed by atoms with Crippen molar-refractivity contribution in [2.24, 2.45) is 5.41 Å². The lowest BCUT2D eigenvalue weighted by Crippen LogP contribution is -2.51. The van der Waals surface area contributed by atoms with E-state index in [2.05, 4.69) is 60.4 Å². The Labute approximate surface area is 167 Å². The minimum absolute atomic E-state index is 0.323. The third-order valence-corrected chi connectivity index (χ3v) is 5.95.